The Morgan fingerprint density at radius 2 is 1.62 bits per heavy atom. The summed E-state index contributed by atoms with van der Waals surface area (Å²) in [5.74, 6) is -2.85. The molecule has 1 unspecified atom stereocenters. The van der Waals surface area contributed by atoms with Crippen LogP contribution < -0.4 is 30.8 Å². The van der Waals surface area contributed by atoms with Gasteiger partial charge in [0.25, 0.3) is 26.5 Å². The molecule has 28 heteroatoms. The maximum Gasteiger partial charge on any atom is 0.431 e. The fraction of sp³-hybridized carbons (Fsp3) is 0.275. The molecule has 366 valence electrons. The Morgan fingerprint density at radius 1 is 0.971 bits per heavy atom. The number of esters is 1. The Labute approximate surface area is 382 Å². The number of fused-ring (bicyclic) bond motifs is 1. The first-order chi connectivity index (χ1) is 31.7. The number of carbonyl (C=O) groups excluding carboxylic acids is 1. The van der Waals surface area contributed by atoms with Gasteiger partial charge in [-0.15, -0.1) is 5.10 Å². The van der Waals surface area contributed by atoms with Crippen LogP contribution in [0, 0.1) is 18.6 Å². The number of aryl methyl sites for hydroxylation is 2. The topological polar surface area (TPSA) is 285 Å². The van der Waals surface area contributed by atoms with E-state index < -0.39 is 94.1 Å². The monoisotopic (exact) mass is 1000 g/mol. The van der Waals surface area contributed by atoms with Gasteiger partial charge in [-0.1, -0.05) is 25.1 Å². The van der Waals surface area contributed by atoms with E-state index in [-0.39, 0.29) is 18.1 Å². The SMILES string of the molecule is CCc1ccc(COc2ccc(-n3c(=O)cc(C(F)(F)F)n(C)c3=O)cc2)c(OC(C)C(=O)OC)c1.Cc1ccn2nc(S(=O)(=O)Nc3c(F)cccc3F)nc2n1.O=C(O)CNCP(=O)(O)O. The van der Waals surface area contributed by atoms with Crippen molar-refractivity contribution in [3.63, 3.8) is 0 Å². The van der Waals surface area contributed by atoms with Crippen molar-refractivity contribution in [1.29, 1.82) is 0 Å². The number of aliphatic carboxylic acids is 1. The first kappa shape index (κ1) is 53.6. The number of hydrogen-bond donors (Lipinski definition) is 5. The van der Waals surface area contributed by atoms with Crippen LogP contribution in [0.25, 0.3) is 11.5 Å². The van der Waals surface area contributed by atoms with Crippen LogP contribution in [-0.4, -0.2) is 90.0 Å². The number of carboxylic acids is 1. The predicted octanol–water partition coefficient (Wildman–Crippen LogP) is 3.94. The molecule has 3 aromatic carbocycles. The van der Waals surface area contributed by atoms with Crippen molar-refractivity contribution in [3.8, 4) is 17.2 Å². The molecule has 0 aliphatic rings. The maximum absolute atomic E-state index is 13.5. The Kier molecular flexibility index (Phi) is 17.8. The van der Waals surface area contributed by atoms with Crippen LogP contribution in [0.3, 0.4) is 0 Å². The fourth-order valence-electron chi connectivity index (χ4n) is 5.48. The second kappa shape index (κ2) is 22.6. The highest BCUT2D eigenvalue weighted by Gasteiger charge is 2.35. The van der Waals surface area contributed by atoms with Gasteiger partial charge in [0.15, 0.2) is 6.10 Å². The molecule has 0 amide bonds. The lowest BCUT2D eigenvalue weighted by Crippen LogP contribution is -2.40. The quantitative estimate of drug-likeness (QED) is 0.0553. The zero-order chi connectivity index (χ0) is 50.7. The Morgan fingerprint density at radius 3 is 2.19 bits per heavy atom. The van der Waals surface area contributed by atoms with Gasteiger partial charge >= 0.3 is 31.4 Å². The summed E-state index contributed by atoms with van der Waals surface area (Å²) in [7, 11) is -6.22. The van der Waals surface area contributed by atoms with Crippen molar-refractivity contribution in [2.45, 2.75) is 51.2 Å². The molecule has 3 heterocycles. The number of alkyl halides is 3. The van der Waals surface area contributed by atoms with Gasteiger partial charge < -0.3 is 29.1 Å². The molecule has 0 saturated heterocycles. The van der Waals surface area contributed by atoms with E-state index in [4.69, 9.17) is 29.1 Å². The largest absolute Gasteiger partial charge is 0.489 e. The highest BCUT2D eigenvalue weighted by molar-refractivity contribution is 7.92. The van der Waals surface area contributed by atoms with Crippen molar-refractivity contribution in [3.05, 3.63) is 134 Å². The van der Waals surface area contributed by atoms with Gasteiger partial charge in [0.05, 0.1) is 25.6 Å². The van der Waals surface area contributed by atoms with Crippen LogP contribution in [0.2, 0.25) is 0 Å². The van der Waals surface area contributed by atoms with E-state index >= 15 is 0 Å². The average Bonchev–Trinajstić information content (AvgIpc) is 3.70. The van der Waals surface area contributed by atoms with Crippen molar-refractivity contribution >= 4 is 41.0 Å². The van der Waals surface area contributed by atoms with Crippen LogP contribution >= 0.6 is 7.60 Å². The smallest absolute Gasteiger partial charge is 0.431 e. The fourth-order valence-corrected chi connectivity index (χ4v) is 6.84. The average molecular weight is 1000 g/mol. The number of aromatic nitrogens is 6. The number of ether oxygens (including phenoxy) is 3. The zero-order valence-corrected chi connectivity index (χ0v) is 38.0. The first-order valence-electron chi connectivity index (χ1n) is 19.4. The second-order valence-corrected chi connectivity index (χ2v) is 17.2. The third-order valence-electron chi connectivity index (χ3n) is 8.84. The molecule has 0 radical (unpaired) electrons. The highest BCUT2D eigenvalue weighted by Crippen LogP contribution is 2.32. The number of sulfonamides is 1. The predicted molar refractivity (Wildman–Crippen MR) is 230 cm³/mol. The lowest BCUT2D eigenvalue weighted by atomic mass is 10.1. The molecule has 0 aliphatic carbocycles. The Balaban J connectivity index is 0.000000265. The van der Waals surface area contributed by atoms with E-state index in [0.29, 0.717) is 38.0 Å². The summed E-state index contributed by atoms with van der Waals surface area (Å²) in [5, 5.41) is 13.2. The molecular formula is C40H42F5N8O13PS. The Hall–Kier alpha value is -7.06. The molecule has 0 spiro atoms. The van der Waals surface area contributed by atoms with Crippen LogP contribution in [0.1, 0.15) is 36.4 Å². The van der Waals surface area contributed by atoms with Crippen molar-refractivity contribution in [2.24, 2.45) is 7.05 Å². The number of nitrogens with zero attached hydrogens (tertiary/aromatic N) is 6. The summed E-state index contributed by atoms with van der Waals surface area (Å²) in [6.45, 7) is 4.90. The minimum absolute atomic E-state index is 0.0642. The molecule has 3 aromatic heterocycles. The summed E-state index contributed by atoms with van der Waals surface area (Å²) >= 11 is 0. The van der Waals surface area contributed by atoms with Gasteiger partial charge in [-0.25, -0.2) is 32.4 Å². The number of anilines is 1. The number of nitrogens with one attached hydrogen (secondary N) is 2. The van der Waals surface area contributed by atoms with Gasteiger partial charge in [-0.3, -0.25) is 28.8 Å². The standard InChI is InChI=1S/C25H25F3N2O6.C12H9F2N5O2S.C3H8NO5P/c1-5-16-6-7-17(20(12-16)36-15(2)23(32)34-4)14-35-19-10-8-18(9-11-19)30-22(31)13-21(25(26,27)28)29(3)24(30)33;1-7-5-6-19-11(15-7)16-12(17-19)22(20,21)18-10-8(13)3-2-4-9(10)14;5-3(6)1-4-2-10(7,8)9/h6-13,15H,5,14H2,1-4H3;2-6,18H,1H3;4H,1-2H2,(H,5,6)(H2,7,8,9). The third kappa shape index (κ3) is 14.7. The van der Waals surface area contributed by atoms with Gasteiger partial charge in [0, 0.05) is 30.6 Å². The van der Waals surface area contributed by atoms with Crippen molar-refractivity contribution in [1.82, 2.24) is 34.0 Å². The van der Waals surface area contributed by atoms with Crippen LogP contribution in [0.15, 0.2) is 93.7 Å². The normalized spacial score (nSPS) is 11.9. The number of para-hydroxylation sites is 1. The minimum atomic E-state index is -4.84. The summed E-state index contributed by atoms with van der Waals surface area (Å²) in [6, 6.07) is 16.3. The lowest BCUT2D eigenvalue weighted by Gasteiger charge is -2.17. The molecule has 6 aromatic rings. The van der Waals surface area contributed by atoms with Gasteiger partial charge in [0.2, 0.25) is 0 Å². The maximum atomic E-state index is 13.5. The van der Waals surface area contributed by atoms with Crippen molar-refractivity contribution < 1.29 is 73.6 Å². The third-order valence-corrected chi connectivity index (χ3v) is 10.6. The number of hydrogen-bond acceptors (Lipinski definition) is 14. The molecule has 68 heavy (non-hydrogen) atoms. The minimum Gasteiger partial charge on any atom is -0.489 e. The summed E-state index contributed by atoms with van der Waals surface area (Å²) in [5.41, 5.74) is -1.97. The molecule has 0 saturated carbocycles. The number of carboxylic acid groups (broad SMARTS) is 1. The number of rotatable bonds is 15. The molecule has 0 aliphatic heterocycles. The summed E-state index contributed by atoms with van der Waals surface area (Å²) in [6.07, 6.45) is -4.03. The Bertz CT molecular complexity index is 3030. The molecule has 21 nitrogen and oxygen atoms in total. The van der Waals surface area contributed by atoms with E-state index in [2.05, 4.69) is 20.4 Å². The molecule has 0 bridgehead atoms. The zero-order valence-electron chi connectivity index (χ0n) is 36.3. The van der Waals surface area contributed by atoms with E-state index in [0.717, 1.165) is 41.7 Å². The van der Waals surface area contributed by atoms with E-state index in [1.54, 1.807) is 24.6 Å². The van der Waals surface area contributed by atoms with Crippen molar-refractivity contribution in [2.75, 3.05) is 24.7 Å². The molecule has 6 rings (SSSR count). The van der Waals surface area contributed by atoms with Gasteiger partial charge in [0.1, 0.15) is 41.1 Å². The molecule has 1 atom stereocenters. The van der Waals surface area contributed by atoms with E-state index in [1.807, 2.05) is 25.1 Å². The summed E-state index contributed by atoms with van der Waals surface area (Å²) in [4.78, 5) is 70.4. The van der Waals surface area contributed by atoms with E-state index in [1.165, 1.54) is 37.6 Å². The number of halogens is 5. The van der Waals surface area contributed by atoms with Gasteiger partial charge in [-0.05, 0) is 74.4 Å². The van der Waals surface area contributed by atoms with Gasteiger partial charge in [-0.2, -0.15) is 26.6 Å². The number of benzene rings is 3. The summed E-state index contributed by atoms with van der Waals surface area (Å²) < 4.78 is 121. The molecular weight excluding hydrogens is 959 g/mol. The molecule has 5 N–H and O–H groups in total. The second-order valence-electron chi connectivity index (χ2n) is 14.0. The molecule has 0 fully saturated rings. The number of carbonyl (C=O) groups is 2. The number of methoxy groups -OCH3 is 1. The van der Waals surface area contributed by atoms with Crippen LogP contribution in [-0.2, 0) is 55.2 Å². The van der Waals surface area contributed by atoms with Crippen LogP contribution in [0.5, 0.6) is 11.5 Å². The van der Waals surface area contributed by atoms with E-state index in [9.17, 15) is 54.1 Å². The highest BCUT2D eigenvalue weighted by atomic mass is 32.2. The van der Waals surface area contributed by atoms with Crippen LogP contribution in [0.4, 0.5) is 27.6 Å². The lowest BCUT2D eigenvalue weighted by molar-refractivity contribution is -0.148. The first-order valence-corrected chi connectivity index (χ1v) is 22.7.